The van der Waals surface area contributed by atoms with Crippen LogP contribution in [0.5, 0.6) is 0 Å². The van der Waals surface area contributed by atoms with Crippen molar-refractivity contribution in [3.63, 3.8) is 0 Å². The van der Waals surface area contributed by atoms with Crippen LogP contribution in [0.1, 0.15) is 51.0 Å². The van der Waals surface area contributed by atoms with Gasteiger partial charge in [0.15, 0.2) is 0 Å². The van der Waals surface area contributed by atoms with Gasteiger partial charge in [-0.3, -0.25) is 0 Å². The molecule has 2 heteroatoms. The van der Waals surface area contributed by atoms with Crippen molar-refractivity contribution in [2.75, 3.05) is 24.5 Å². The maximum atomic E-state index is 3.85. The third-order valence-electron chi connectivity index (χ3n) is 5.25. The lowest BCUT2D eigenvalue weighted by atomic mass is 9.95. The largest absolute Gasteiger partial charge is 0.370 e. The lowest BCUT2D eigenvalue weighted by molar-refractivity contribution is 0.356. The van der Waals surface area contributed by atoms with Crippen LogP contribution in [-0.2, 0) is 6.42 Å². The van der Waals surface area contributed by atoms with Gasteiger partial charge in [0, 0.05) is 24.8 Å². The molecule has 0 saturated heterocycles. The van der Waals surface area contributed by atoms with E-state index in [0.29, 0.717) is 6.04 Å². The highest BCUT2D eigenvalue weighted by molar-refractivity contribution is 5.55. The second-order valence-electron chi connectivity index (χ2n) is 6.78. The van der Waals surface area contributed by atoms with Gasteiger partial charge in [-0.05, 0) is 56.2 Å². The van der Waals surface area contributed by atoms with Gasteiger partial charge in [-0.25, -0.2) is 0 Å². The Kier molecular flexibility index (Phi) is 5.18. The maximum absolute atomic E-state index is 3.85. The van der Waals surface area contributed by atoms with Gasteiger partial charge >= 0.3 is 0 Å². The van der Waals surface area contributed by atoms with E-state index in [4.69, 9.17) is 0 Å². The van der Waals surface area contributed by atoms with E-state index in [9.17, 15) is 0 Å². The second-order valence-corrected chi connectivity index (χ2v) is 6.78. The summed E-state index contributed by atoms with van der Waals surface area (Å²) in [4.78, 5) is 2.64. The summed E-state index contributed by atoms with van der Waals surface area (Å²) in [5, 5.41) is 3.85. The van der Waals surface area contributed by atoms with Crippen LogP contribution in [0.3, 0.4) is 0 Å². The quantitative estimate of drug-likeness (QED) is 0.850. The summed E-state index contributed by atoms with van der Waals surface area (Å²) in [5.74, 6) is 0.894. The molecule has 0 spiro atoms. The summed E-state index contributed by atoms with van der Waals surface area (Å²) in [6.07, 6.45) is 9.52. The van der Waals surface area contributed by atoms with Crippen molar-refractivity contribution < 1.29 is 0 Å². The zero-order valence-corrected chi connectivity index (χ0v) is 13.5. The topological polar surface area (TPSA) is 15.3 Å². The average molecular weight is 286 g/mol. The molecule has 1 N–H and O–H groups in total. The molecule has 0 amide bonds. The fourth-order valence-corrected chi connectivity index (χ4v) is 4.11. The standard InChI is InChI=1S/C19H30N2/c1-2-13-20-18(16-8-3-4-9-16)15-21-14-7-11-17-10-5-6-12-19(17)21/h5-6,10,12,16,18,20H,2-4,7-9,11,13-15H2,1H3. The van der Waals surface area contributed by atoms with Crippen LogP contribution >= 0.6 is 0 Å². The van der Waals surface area contributed by atoms with Crippen molar-refractivity contribution in [1.82, 2.24) is 5.32 Å². The van der Waals surface area contributed by atoms with Crippen LogP contribution in [-0.4, -0.2) is 25.7 Å². The van der Waals surface area contributed by atoms with E-state index in [1.165, 1.54) is 63.7 Å². The summed E-state index contributed by atoms with van der Waals surface area (Å²) in [6.45, 7) is 5.86. The predicted molar refractivity (Wildman–Crippen MR) is 91.0 cm³/mol. The number of para-hydroxylation sites is 1. The Labute approximate surface area is 129 Å². The van der Waals surface area contributed by atoms with Gasteiger partial charge in [-0.1, -0.05) is 38.0 Å². The van der Waals surface area contributed by atoms with Gasteiger partial charge in [0.2, 0.25) is 0 Å². The first-order chi connectivity index (χ1) is 10.4. The number of hydrogen-bond acceptors (Lipinski definition) is 2. The third kappa shape index (κ3) is 3.60. The number of nitrogens with one attached hydrogen (secondary N) is 1. The van der Waals surface area contributed by atoms with E-state index >= 15 is 0 Å². The fourth-order valence-electron chi connectivity index (χ4n) is 4.11. The van der Waals surface area contributed by atoms with Gasteiger partial charge in [-0.15, -0.1) is 0 Å². The first-order valence-electron chi connectivity index (χ1n) is 8.94. The number of hydrogen-bond donors (Lipinski definition) is 1. The molecule has 3 rings (SSSR count). The first-order valence-corrected chi connectivity index (χ1v) is 8.94. The van der Waals surface area contributed by atoms with E-state index in [1.807, 2.05) is 0 Å². The average Bonchev–Trinajstić information content (AvgIpc) is 3.06. The minimum Gasteiger partial charge on any atom is -0.370 e. The molecule has 1 heterocycles. The molecule has 116 valence electrons. The van der Waals surface area contributed by atoms with E-state index in [2.05, 4.69) is 41.4 Å². The maximum Gasteiger partial charge on any atom is 0.0399 e. The molecule has 1 atom stereocenters. The van der Waals surface area contributed by atoms with Crippen LogP contribution in [0.15, 0.2) is 24.3 Å². The van der Waals surface area contributed by atoms with Gasteiger partial charge < -0.3 is 10.2 Å². The minimum absolute atomic E-state index is 0.679. The molecule has 1 saturated carbocycles. The van der Waals surface area contributed by atoms with Crippen molar-refractivity contribution in [2.45, 2.75) is 57.9 Å². The number of anilines is 1. The predicted octanol–water partition coefficient (Wildman–Crippen LogP) is 4.00. The number of fused-ring (bicyclic) bond motifs is 1. The second kappa shape index (κ2) is 7.31. The van der Waals surface area contributed by atoms with E-state index in [-0.39, 0.29) is 0 Å². The van der Waals surface area contributed by atoms with E-state index < -0.39 is 0 Å². The first kappa shape index (κ1) is 14.9. The molecule has 1 unspecified atom stereocenters. The molecule has 0 aromatic heterocycles. The van der Waals surface area contributed by atoms with Crippen LogP contribution in [0.4, 0.5) is 5.69 Å². The van der Waals surface area contributed by atoms with Crippen molar-refractivity contribution in [3.8, 4) is 0 Å². The Balaban J connectivity index is 1.70. The molecule has 0 bridgehead atoms. The van der Waals surface area contributed by atoms with Crippen LogP contribution in [0.25, 0.3) is 0 Å². The number of nitrogens with zero attached hydrogens (tertiary/aromatic N) is 1. The Morgan fingerprint density at radius 1 is 1.19 bits per heavy atom. The van der Waals surface area contributed by atoms with E-state index in [0.717, 1.165) is 12.5 Å². The van der Waals surface area contributed by atoms with Crippen molar-refractivity contribution in [1.29, 1.82) is 0 Å². The highest BCUT2D eigenvalue weighted by Gasteiger charge is 2.27. The lowest BCUT2D eigenvalue weighted by Gasteiger charge is -2.36. The summed E-state index contributed by atoms with van der Waals surface area (Å²) in [6, 6.07) is 9.69. The van der Waals surface area contributed by atoms with Crippen LogP contribution < -0.4 is 10.2 Å². The van der Waals surface area contributed by atoms with Crippen molar-refractivity contribution in [2.24, 2.45) is 5.92 Å². The highest BCUT2D eigenvalue weighted by atomic mass is 15.2. The minimum atomic E-state index is 0.679. The lowest BCUT2D eigenvalue weighted by Crippen LogP contribution is -2.46. The molecule has 1 fully saturated rings. The molecular formula is C19H30N2. The normalized spacial score (nSPS) is 20.5. The molecule has 21 heavy (non-hydrogen) atoms. The molecule has 1 aromatic carbocycles. The summed E-state index contributed by atoms with van der Waals surface area (Å²) >= 11 is 0. The zero-order valence-electron chi connectivity index (χ0n) is 13.5. The van der Waals surface area contributed by atoms with E-state index in [1.54, 1.807) is 5.56 Å². The Morgan fingerprint density at radius 2 is 2.00 bits per heavy atom. The summed E-state index contributed by atoms with van der Waals surface area (Å²) in [7, 11) is 0. The van der Waals surface area contributed by atoms with Gasteiger partial charge in [0.1, 0.15) is 0 Å². The zero-order chi connectivity index (χ0) is 14.5. The molecule has 1 aliphatic heterocycles. The van der Waals surface area contributed by atoms with Gasteiger partial charge in [0.25, 0.3) is 0 Å². The molecule has 2 nitrogen and oxygen atoms in total. The summed E-state index contributed by atoms with van der Waals surface area (Å²) < 4.78 is 0. The monoisotopic (exact) mass is 286 g/mol. The Bertz CT molecular complexity index is 437. The number of benzene rings is 1. The molecule has 1 aromatic rings. The molecule has 1 aliphatic carbocycles. The van der Waals surface area contributed by atoms with Gasteiger partial charge in [0.05, 0.1) is 0 Å². The van der Waals surface area contributed by atoms with Crippen LogP contribution in [0.2, 0.25) is 0 Å². The number of aryl methyl sites for hydroxylation is 1. The van der Waals surface area contributed by atoms with Crippen molar-refractivity contribution in [3.05, 3.63) is 29.8 Å². The fraction of sp³-hybridized carbons (Fsp3) is 0.684. The summed E-state index contributed by atoms with van der Waals surface area (Å²) in [5.41, 5.74) is 3.04. The molecule has 0 radical (unpaired) electrons. The van der Waals surface area contributed by atoms with Crippen molar-refractivity contribution >= 4 is 5.69 Å². The smallest absolute Gasteiger partial charge is 0.0399 e. The van der Waals surface area contributed by atoms with Crippen LogP contribution in [0, 0.1) is 5.92 Å². The Morgan fingerprint density at radius 3 is 2.81 bits per heavy atom. The molecule has 2 aliphatic rings. The molecular weight excluding hydrogens is 256 g/mol. The SMILES string of the molecule is CCCNC(CN1CCCc2ccccc21)C1CCCC1. The Hall–Kier alpha value is -1.02. The highest BCUT2D eigenvalue weighted by Crippen LogP contribution is 2.31. The third-order valence-corrected chi connectivity index (χ3v) is 5.25. The number of rotatable bonds is 6. The van der Waals surface area contributed by atoms with Gasteiger partial charge in [-0.2, -0.15) is 0 Å².